The number of hydrazone groups is 1. The van der Waals surface area contributed by atoms with Gasteiger partial charge in [-0.2, -0.15) is 5.10 Å². The maximum atomic E-state index is 11.9. The zero-order valence-corrected chi connectivity index (χ0v) is 16.6. The number of halogens is 3. The minimum atomic E-state index is -0.353. The predicted molar refractivity (Wildman–Crippen MR) is 109 cm³/mol. The molecule has 0 fully saturated rings. The number of anilines is 1. The van der Waals surface area contributed by atoms with Crippen molar-refractivity contribution in [3.05, 3.63) is 61.6 Å². The van der Waals surface area contributed by atoms with Gasteiger partial charge in [0.1, 0.15) is 0 Å². The maximum Gasteiger partial charge on any atom is 0.240 e. The van der Waals surface area contributed by atoms with Crippen LogP contribution in [0.3, 0.4) is 0 Å². The molecule has 25 heavy (non-hydrogen) atoms. The number of nitrogens with one attached hydrogen (secondary N) is 2. The van der Waals surface area contributed by atoms with Gasteiger partial charge >= 0.3 is 0 Å². The second-order valence-corrected chi connectivity index (χ2v) is 7.11. The number of hydrogen-bond donors (Lipinski definition) is 2. The van der Waals surface area contributed by atoms with Crippen molar-refractivity contribution < 1.29 is 9.59 Å². The van der Waals surface area contributed by atoms with Gasteiger partial charge in [-0.15, -0.1) is 0 Å². The normalized spacial score (nSPS) is 10.7. The molecule has 130 valence electrons. The fourth-order valence-electron chi connectivity index (χ4n) is 1.85. The van der Waals surface area contributed by atoms with E-state index in [0.29, 0.717) is 15.7 Å². The van der Waals surface area contributed by atoms with E-state index in [1.165, 1.54) is 0 Å². The van der Waals surface area contributed by atoms with Gasteiger partial charge in [-0.05, 0) is 58.5 Å². The molecule has 0 spiro atoms. The lowest BCUT2D eigenvalue weighted by atomic mass is 10.2. The lowest BCUT2D eigenvalue weighted by molar-refractivity contribution is -0.124. The molecule has 0 radical (unpaired) electrons. The van der Waals surface area contributed by atoms with Crippen LogP contribution in [0.2, 0.25) is 10.0 Å². The molecule has 0 saturated carbocycles. The first-order chi connectivity index (χ1) is 11.9. The Bertz CT molecular complexity index is 812. The summed E-state index contributed by atoms with van der Waals surface area (Å²) >= 11 is 14.0. The molecular weight excluding hydrogens is 476 g/mol. The molecule has 0 heterocycles. The quantitative estimate of drug-likeness (QED) is 0.357. The van der Waals surface area contributed by atoms with Crippen molar-refractivity contribution in [1.29, 1.82) is 0 Å². The van der Waals surface area contributed by atoms with Gasteiger partial charge in [0.25, 0.3) is 0 Å². The van der Waals surface area contributed by atoms with Crippen LogP contribution in [0.25, 0.3) is 0 Å². The van der Waals surface area contributed by atoms with Gasteiger partial charge in [-0.3, -0.25) is 9.59 Å². The summed E-state index contributed by atoms with van der Waals surface area (Å²) in [6.07, 6.45) is 1.56. The second kappa shape index (κ2) is 9.74. The Morgan fingerprint density at radius 2 is 1.84 bits per heavy atom. The van der Waals surface area contributed by atoms with Crippen LogP contribution in [0.4, 0.5) is 5.69 Å². The summed E-state index contributed by atoms with van der Waals surface area (Å²) in [5.74, 6) is -0.685. The third-order valence-electron chi connectivity index (χ3n) is 3.03. The smallest absolute Gasteiger partial charge is 0.240 e. The van der Waals surface area contributed by atoms with Gasteiger partial charge in [0.05, 0.1) is 16.9 Å². The predicted octanol–water partition coefficient (Wildman–Crippen LogP) is 4.47. The summed E-state index contributed by atoms with van der Waals surface area (Å²) in [6.45, 7) is 0. The third-order valence-corrected chi connectivity index (χ3v) is 4.27. The van der Waals surface area contributed by atoms with E-state index in [0.717, 1.165) is 9.13 Å². The fourth-order valence-corrected chi connectivity index (χ4v) is 2.76. The van der Waals surface area contributed by atoms with E-state index in [4.69, 9.17) is 23.2 Å². The average molecular weight is 490 g/mol. The van der Waals surface area contributed by atoms with E-state index in [1.807, 2.05) is 24.3 Å². The number of hydrogen-bond acceptors (Lipinski definition) is 3. The molecular formula is C17H14Cl2IN3O2. The summed E-state index contributed by atoms with van der Waals surface area (Å²) in [5, 5.41) is 7.33. The van der Waals surface area contributed by atoms with E-state index >= 15 is 0 Å². The topological polar surface area (TPSA) is 70.6 Å². The lowest BCUT2D eigenvalue weighted by Crippen LogP contribution is -2.20. The highest BCUT2D eigenvalue weighted by Gasteiger charge is 2.09. The Kier molecular flexibility index (Phi) is 7.67. The van der Waals surface area contributed by atoms with Gasteiger partial charge < -0.3 is 5.32 Å². The first kappa shape index (κ1) is 19.7. The van der Waals surface area contributed by atoms with Crippen LogP contribution in [0, 0.1) is 3.57 Å². The molecule has 0 aliphatic heterocycles. The standard InChI is InChI=1S/C17H14Cl2IN3O2/c18-12-4-5-14(19)15(9-12)22-16(24)6-7-17(25)23-21-10-11-2-1-3-13(20)8-11/h1-5,8-10H,6-7H2,(H,22,24)(H,23,25). The first-order valence-corrected chi connectivity index (χ1v) is 9.10. The Hall–Kier alpha value is -1.64. The molecule has 0 aromatic heterocycles. The zero-order valence-electron chi connectivity index (χ0n) is 12.9. The Morgan fingerprint density at radius 1 is 1.08 bits per heavy atom. The summed E-state index contributed by atoms with van der Waals surface area (Å²) in [4.78, 5) is 23.6. The van der Waals surface area contributed by atoms with Crippen molar-refractivity contribution in [2.75, 3.05) is 5.32 Å². The molecule has 0 bridgehead atoms. The van der Waals surface area contributed by atoms with Gasteiger partial charge in [0.15, 0.2) is 0 Å². The van der Waals surface area contributed by atoms with Gasteiger partial charge in [0.2, 0.25) is 11.8 Å². The molecule has 0 aliphatic carbocycles. The molecule has 0 aliphatic rings. The van der Waals surface area contributed by atoms with Crippen LogP contribution in [0.5, 0.6) is 0 Å². The molecule has 2 aromatic carbocycles. The molecule has 0 atom stereocenters. The molecule has 5 nitrogen and oxygen atoms in total. The molecule has 2 N–H and O–H groups in total. The van der Waals surface area contributed by atoms with Crippen LogP contribution >= 0.6 is 45.8 Å². The van der Waals surface area contributed by atoms with E-state index in [2.05, 4.69) is 38.4 Å². The fraction of sp³-hybridized carbons (Fsp3) is 0.118. The second-order valence-electron chi connectivity index (χ2n) is 5.02. The molecule has 2 aromatic rings. The highest BCUT2D eigenvalue weighted by Crippen LogP contribution is 2.25. The summed E-state index contributed by atoms with van der Waals surface area (Å²) < 4.78 is 1.07. The maximum absolute atomic E-state index is 11.9. The number of nitrogens with zero attached hydrogens (tertiary/aromatic N) is 1. The van der Waals surface area contributed by atoms with Crippen molar-refractivity contribution >= 4 is 69.5 Å². The van der Waals surface area contributed by atoms with Gasteiger partial charge in [-0.1, -0.05) is 35.3 Å². The van der Waals surface area contributed by atoms with Crippen LogP contribution in [0.1, 0.15) is 18.4 Å². The number of benzene rings is 2. The monoisotopic (exact) mass is 489 g/mol. The van der Waals surface area contributed by atoms with E-state index in [9.17, 15) is 9.59 Å². The zero-order chi connectivity index (χ0) is 18.2. The minimum absolute atomic E-state index is 0.00737. The molecule has 2 rings (SSSR count). The molecule has 8 heteroatoms. The Balaban J connectivity index is 1.77. The number of amides is 2. The van der Waals surface area contributed by atoms with Crippen molar-refractivity contribution in [3.8, 4) is 0 Å². The number of carbonyl (C=O) groups excluding carboxylic acids is 2. The van der Waals surface area contributed by atoms with Crippen molar-refractivity contribution in [2.24, 2.45) is 5.10 Å². The number of carbonyl (C=O) groups is 2. The van der Waals surface area contributed by atoms with Gasteiger partial charge in [0, 0.05) is 21.4 Å². The molecule has 2 amide bonds. The van der Waals surface area contributed by atoms with Crippen LogP contribution < -0.4 is 10.7 Å². The first-order valence-electron chi connectivity index (χ1n) is 7.26. The van der Waals surface area contributed by atoms with Gasteiger partial charge in [-0.25, -0.2) is 5.43 Å². The van der Waals surface area contributed by atoms with Crippen molar-refractivity contribution in [1.82, 2.24) is 5.43 Å². The summed E-state index contributed by atoms with van der Waals surface area (Å²) in [7, 11) is 0. The molecule has 0 unspecified atom stereocenters. The van der Waals surface area contributed by atoms with E-state index in [-0.39, 0.29) is 24.7 Å². The van der Waals surface area contributed by atoms with E-state index < -0.39 is 0 Å². The van der Waals surface area contributed by atoms with E-state index in [1.54, 1.807) is 24.4 Å². The van der Waals surface area contributed by atoms with Crippen LogP contribution in [-0.2, 0) is 9.59 Å². The van der Waals surface area contributed by atoms with Crippen molar-refractivity contribution in [3.63, 3.8) is 0 Å². The minimum Gasteiger partial charge on any atom is -0.325 e. The average Bonchev–Trinajstić information content (AvgIpc) is 2.56. The third kappa shape index (κ3) is 7.01. The highest BCUT2D eigenvalue weighted by atomic mass is 127. The van der Waals surface area contributed by atoms with Crippen LogP contribution in [0.15, 0.2) is 47.6 Å². The summed E-state index contributed by atoms with van der Waals surface area (Å²) in [5.41, 5.74) is 3.68. The lowest BCUT2D eigenvalue weighted by Gasteiger charge is -2.07. The van der Waals surface area contributed by atoms with Crippen molar-refractivity contribution in [2.45, 2.75) is 12.8 Å². The van der Waals surface area contributed by atoms with Crippen LogP contribution in [-0.4, -0.2) is 18.0 Å². The largest absolute Gasteiger partial charge is 0.325 e. The highest BCUT2D eigenvalue weighted by molar-refractivity contribution is 14.1. The SMILES string of the molecule is O=C(CCC(=O)Nc1cc(Cl)ccc1Cl)NN=Cc1cccc(I)c1. The Morgan fingerprint density at radius 3 is 2.60 bits per heavy atom. The summed E-state index contributed by atoms with van der Waals surface area (Å²) in [6, 6.07) is 12.4. The Labute approximate surface area is 168 Å². The number of rotatable bonds is 6. The molecule has 0 saturated heterocycles.